The molecule has 0 aromatic carbocycles. The van der Waals surface area contributed by atoms with Gasteiger partial charge in [-0.3, -0.25) is 0 Å². The molecule has 0 atom stereocenters. The van der Waals surface area contributed by atoms with Crippen molar-refractivity contribution in [3.63, 3.8) is 0 Å². The summed E-state index contributed by atoms with van der Waals surface area (Å²) in [6.07, 6.45) is 4.87. The summed E-state index contributed by atoms with van der Waals surface area (Å²) in [4.78, 5) is 0. The van der Waals surface area contributed by atoms with Gasteiger partial charge in [-0.1, -0.05) is 0 Å². The van der Waals surface area contributed by atoms with E-state index in [0.29, 0.717) is 0 Å². The van der Waals surface area contributed by atoms with Crippen molar-refractivity contribution >= 4 is 0 Å². The molecule has 0 spiro atoms. The van der Waals surface area contributed by atoms with Crippen molar-refractivity contribution in [1.29, 1.82) is 0 Å². The van der Waals surface area contributed by atoms with Crippen molar-refractivity contribution in [3.8, 4) is 11.3 Å². The molecule has 0 aliphatic carbocycles. The van der Waals surface area contributed by atoms with Gasteiger partial charge in [-0.2, -0.15) is 10.2 Å². The highest BCUT2D eigenvalue weighted by Crippen LogP contribution is 2.15. The zero-order valence-electron chi connectivity index (χ0n) is 4.61. The third-order valence-electron chi connectivity index (χ3n) is 1.16. The van der Waals surface area contributed by atoms with E-state index in [2.05, 4.69) is 10.2 Å². The SMILES string of the molecule is c1cc2nncc-2co1. The number of nitrogens with zero attached hydrogens (tertiary/aromatic N) is 2. The van der Waals surface area contributed by atoms with Crippen molar-refractivity contribution in [2.75, 3.05) is 0 Å². The minimum absolute atomic E-state index is 0.876. The van der Waals surface area contributed by atoms with Gasteiger partial charge in [0.25, 0.3) is 0 Å². The van der Waals surface area contributed by atoms with Crippen LogP contribution in [-0.2, 0) is 0 Å². The van der Waals surface area contributed by atoms with Gasteiger partial charge in [0.2, 0.25) is 0 Å². The van der Waals surface area contributed by atoms with Crippen LogP contribution in [0.5, 0.6) is 0 Å². The maximum absolute atomic E-state index is 4.87. The molecule has 2 aliphatic rings. The fourth-order valence-corrected chi connectivity index (χ4v) is 0.714. The maximum Gasteiger partial charge on any atom is 0.101 e. The van der Waals surface area contributed by atoms with Gasteiger partial charge < -0.3 is 4.42 Å². The lowest BCUT2D eigenvalue weighted by molar-refractivity contribution is 0.551. The maximum atomic E-state index is 4.87. The average Bonchev–Trinajstić information content (AvgIpc) is 2.33. The highest BCUT2D eigenvalue weighted by Gasteiger charge is 2.01. The molecule has 2 rings (SSSR count). The Bertz CT molecular complexity index is 251. The second-order valence-corrected chi connectivity index (χ2v) is 1.74. The molecule has 3 nitrogen and oxygen atoms in total. The molecule has 0 saturated carbocycles. The third kappa shape index (κ3) is 0.579. The summed E-state index contributed by atoms with van der Waals surface area (Å²) in [5, 5.41) is 7.50. The highest BCUT2D eigenvalue weighted by molar-refractivity contribution is 5.55. The van der Waals surface area contributed by atoms with Crippen LogP contribution in [0, 0.1) is 0 Å². The summed E-state index contributed by atoms with van der Waals surface area (Å²) >= 11 is 0. The number of hydrogen-bond donors (Lipinski definition) is 0. The second-order valence-electron chi connectivity index (χ2n) is 1.74. The Labute approximate surface area is 51.7 Å². The predicted octanol–water partition coefficient (Wildman–Crippen LogP) is 1.17. The third-order valence-corrected chi connectivity index (χ3v) is 1.16. The summed E-state index contributed by atoms with van der Waals surface area (Å²) in [5.41, 5.74) is 1.82. The van der Waals surface area contributed by atoms with Gasteiger partial charge in [-0.05, 0) is 0 Å². The molecule has 0 saturated heterocycles. The van der Waals surface area contributed by atoms with Gasteiger partial charge in [0.15, 0.2) is 0 Å². The molecule has 3 heteroatoms. The van der Waals surface area contributed by atoms with Crippen LogP contribution in [0.25, 0.3) is 11.3 Å². The first kappa shape index (κ1) is 4.49. The van der Waals surface area contributed by atoms with Crippen molar-refractivity contribution < 1.29 is 4.42 Å². The lowest BCUT2D eigenvalue weighted by atomic mass is 10.3. The van der Waals surface area contributed by atoms with Gasteiger partial charge in [-0.15, -0.1) is 0 Å². The first-order chi connectivity index (χ1) is 4.47. The fraction of sp³-hybridized carbons (Fsp3) is 0. The number of aromatic nitrogens is 2. The molecule has 0 aromatic rings. The molecule has 2 aliphatic heterocycles. The van der Waals surface area contributed by atoms with Gasteiger partial charge in [0.05, 0.1) is 18.0 Å². The molecule has 0 bridgehead atoms. The van der Waals surface area contributed by atoms with E-state index in [1.54, 1.807) is 24.8 Å². The van der Waals surface area contributed by atoms with E-state index in [0.717, 1.165) is 11.3 Å². The number of rotatable bonds is 0. The van der Waals surface area contributed by atoms with Crippen LogP contribution in [0.4, 0.5) is 0 Å². The molecule has 0 N–H and O–H groups in total. The standard InChI is InChI=1S/C6H4N2O/c1-2-9-4-5-3-7-8-6(1)5/h1-4H. The average molecular weight is 120 g/mol. The topological polar surface area (TPSA) is 38.9 Å². The van der Waals surface area contributed by atoms with Crippen molar-refractivity contribution in [2.45, 2.75) is 0 Å². The Hall–Kier alpha value is -1.38. The molecular weight excluding hydrogens is 116 g/mol. The first-order valence-corrected chi connectivity index (χ1v) is 2.60. The largest absolute Gasteiger partial charge is 0.472 e. The van der Waals surface area contributed by atoms with Crippen LogP contribution < -0.4 is 0 Å². The predicted molar refractivity (Wildman–Crippen MR) is 30.9 cm³/mol. The molecule has 2 heterocycles. The Morgan fingerprint density at radius 1 is 1.44 bits per heavy atom. The molecule has 9 heavy (non-hydrogen) atoms. The van der Waals surface area contributed by atoms with Crippen LogP contribution in [0.15, 0.2) is 29.2 Å². The summed E-state index contributed by atoms with van der Waals surface area (Å²) in [6.45, 7) is 0. The van der Waals surface area contributed by atoms with Crippen LogP contribution in [0.3, 0.4) is 0 Å². The van der Waals surface area contributed by atoms with Crippen LogP contribution in [0.2, 0.25) is 0 Å². The van der Waals surface area contributed by atoms with E-state index >= 15 is 0 Å². The molecule has 0 radical (unpaired) electrons. The van der Waals surface area contributed by atoms with E-state index < -0.39 is 0 Å². The summed E-state index contributed by atoms with van der Waals surface area (Å²) in [6, 6.07) is 1.78. The summed E-state index contributed by atoms with van der Waals surface area (Å²) in [7, 11) is 0. The van der Waals surface area contributed by atoms with Gasteiger partial charge in [0.1, 0.15) is 12.0 Å². The van der Waals surface area contributed by atoms with Crippen molar-refractivity contribution in [1.82, 2.24) is 10.2 Å². The molecular formula is C6H4N2O. The monoisotopic (exact) mass is 120 g/mol. The summed E-state index contributed by atoms with van der Waals surface area (Å²) < 4.78 is 4.87. The number of fused-ring (bicyclic) bond motifs is 1. The van der Waals surface area contributed by atoms with E-state index in [9.17, 15) is 0 Å². The van der Waals surface area contributed by atoms with Crippen LogP contribution in [0.1, 0.15) is 0 Å². The number of hydrogen-bond acceptors (Lipinski definition) is 3. The minimum atomic E-state index is 0.876. The van der Waals surface area contributed by atoms with Gasteiger partial charge >= 0.3 is 0 Å². The van der Waals surface area contributed by atoms with E-state index in [-0.39, 0.29) is 0 Å². The Morgan fingerprint density at radius 3 is 3.33 bits per heavy atom. The first-order valence-electron chi connectivity index (χ1n) is 2.60. The second kappa shape index (κ2) is 1.55. The van der Waals surface area contributed by atoms with Crippen molar-refractivity contribution in [3.05, 3.63) is 24.8 Å². The lowest BCUT2D eigenvalue weighted by Gasteiger charge is -1.88. The lowest BCUT2D eigenvalue weighted by Crippen LogP contribution is -1.71. The molecule has 0 unspecified atom stereocenters. The van der Waals surface area contributed by atoms with E-state index in [4.69, 9.17) is 4.42 Å². The van der Waals surface area contributed by atoms with Crippen molar-refractivity contribution in [2.24, 2.45) is 0 Å². The zero-order chi connectivity index (χ0) is 6.10. The van der Waals surface area contributed by atoms with Crippen LogP contribution in [-0.4, -0.2) is 10.2 Å². The minimum Gasteiger partial charge on any atom is -0.472 e. The van der Waals surface area contributed by atoms with E-state index in [1.165, 1.54) is 0 Å². The Morgan fingerprint density at radius 2 is 2.44 bits per heavy atom. The Kier molecular flexibility index (Phi) is 0.773. The molecule has 0 amide bonds. The van der Waals surface area contributed by atoms with Gasteiger partial charge in [0, 0.05) is 6.07 Å². The molecule has 44 valence electrons. The summed E-state index contributed by atoms with van der Waals surface area (Å²) in [5.74, 6) is 0. The molecule has 0 aromatic heterocycles. The highest BCUT2D eigenvalue weighted by atomic mass is 16.3. The van der Waals surface area contributed by atoms with Gasteiger partial charge in [-0.25, -0.2) is 0 Å². The Balaban J connectivity index is 2.79. The normalized spacial score (nSPS) is 10.2. The zero-order valence-corrected chi connectivity index (χ0v) is 4.61. The molecule has 0 fully saturated rings. The fourth-order valence-electron chi connectivity index (χ4n) is 0.714. The van der Waals surface area contributed by atoms with E-state index in [1.807, 2.05) is 0 Å². The quantitative estimate of drug-likeness (QED) is 0.524. The smallest absolute Gasteiger partial charge is 0.101 e. The van der Waals surface area contributed by atoms with Crippen LogP contribution >= 0.6 is 0 Å².